The van der Waals surface area contributed by atoms with Crippen molar-refractivity contribution in [3.05, 3.63) is 0 Å². The lowest BCUT2D eigenvalue weighted by molar-refractivity contribution is -0.149. The van der Waals surface area contributed by atoms with Crippen molar-refractivity contribution in [3.63, 3.8) is 0 Å². The summed E-state index contributed by atoms with van der Waals surface area (Å²) >= 11 is 0. The largest absolute Gasteiger partial charge is 0.465 e. The lowest BCUT2D eigenvalue weighted by Gasteiger charge is -2.33. The normalized spacial score (nSPS) is 20.3. The zero-order valence-corrected chi connectivity index (χ0v) is 10.7. The van der Waals surface area contributed by atoms with Crippen molar-refractivity contribution >= 4 is 5.97 Å². The maximum absolute atomic E-state index is 11.6. The van der Waals surface area contributed by atoms with Crippen LogP contribution < -0.4 is 5.73 Å². The molecule has 1 aliphatic carbocycles. The van der Waals surface area contributed by atoms with Crippen molar-refractivity contribution in [3.8, 4) is 0 Å². The zero-order chi connectivity index (χ0) is 12.2. The van der Waals surface area contributed by atoms with Crippen LogP contribution in [0.25, 0.3) is 0 Å². The Bertz CT molecular complexity index is 237. The minimum absolute atomic E-state index is 0.310. The smallest absolute Gasteiger partial charge is 0.327 e. The van der Waals surface area contributed by atoms with Crippen molar-refractivity contribution in [1.29, 1.82) is 0 Å². The van der Waals surface area contributed by atoms with Gasteiger partial charge in [0, 0.05) is 13.1 Å². The summed E-state index contributed by atoms with van der Waals surface area (Å²) in [6.07, 6.45) is 3.96. The highest BCUT2D eigenvalue weighted by Gasteiger charge is 2.32. The Hall–Kier alpha value is -0.610. The molecule has 0 aromatic rings. The summed E-state index contributed by atoms with van der Waals surface area (Å²) in [5, 5.41) is 0. The highest BCUT2D eigenvalue weighted by Crippen LogP contribution is 2.26. The number of hydrogen-bond donors (Lipinski definition) is 1. The summed E-state index contributed by atoms with van der Waals surface area (Å²) in [5.41, 5.74) is 5.07. The molecule has 0 amide bonds. The van der Waals surface area contributed by atoms with E-state index >= 15 is 0 Å². The maximum atomic E-state index is 11.6. The Morgan fingerprint density at radius 3 is 2.62 bits per heavy atom. The average molecular weight is 228 g/mol. The Morgan fingerprint density at radius 2 is 2.19 bits per heavy atom. The molecule has 4 heteroatoms. The second-order valence-corrected chi connectivity index (χ2v) is 5.13. The van der Waals surface area contributed by atoms with E-state index in [4.69, 9.17) is 10.5 Å². The number of hydrogen-bond acceptors (Lipinski definition) is 4. The minimum Gasteiger partial charge on any atom is -0.465 e. The second kappa shape index (κ2) is 5.64. The molecule has 0 radical (unpaired) electrons. The number of likely N-dealkylation sites (N-methyl/N-ethyl adjacent to an activating group) is 1. The lowest BCUT2D eigenvalue weighted by Crippen LogP contribution is -2.54. The molecule has 0 saturated heterocycles. The first-order chi connectivity index (χ1) is 7.45. The van der Waals surface area contributed by atoms with Crippen molar-refractivity contribution < 1.29 is 9.53 Å². The number of carbonyl (C=O) groups is 1. The fourth-order valence-electron chi connectivity index (χ4n) is 2.10. The van der Waals surface area contributed by atoms with Gasteiger partial charge in [-0.3, -0.25) is 4.79 Å². The molecule has 0 aliphatic heterocycles. The monoisotopic (exact) mass is 228 g/mol. The number of esters is 1. The predicted octanol–water partition coefficient (Wildman–Crippen LogP) is 0.999. The predicted molar refractivity (Wildman–Crippen MR) is 64.1 cm³/mol. The van der Waals surface area contributed by atoms with Crippen molar-refractivity contribution in [1.82, 2.24) is 4.90 Å². The zero-order valence-electron chi connectivity index (χ0n) is 10.7. The van der Waals surface area contributed by atoms with Crippen LogP contribution in [0, 0.1) is 5.92 Å². The molecule has 1 saturated carbocycles. The molecule has 2 N–H and O–H groups in total. The van der Waals surface area contributed by atoms with Crippen LogP contribution in [0.2, 0.25) is 0 Å². The van der Waals surface area contributed by atoms with E-state index in [1.807, 2.05) is 7.05 Å². The van der Waals surface area contributed by atoms with Gasteiger partial charge in [-0.25, -0.2) is 0 Å². The van der Waals surface area contributed by atoms with Gasteiger partial charge in [0.15, 0.2) is 0 Å². The Morgan fingerprint density at radius 1 is 1.56 bits per heavy atom. The standard InChI is InChI=1S/C12H24N2O2/c1-4-16-11(15)12(2,13)9-14(3)8-10-6-5-7-10/h10H,4-9,13H2,1-3H3. The van der Waals surface area contributed by atoms with Crippen molar-refractivity contribution in [2.75, 3.05) is 26.7 Å². The first-order valence-corrected chi connectivity index (χ1v) is 6.10. The molecular weight excluding hydrogens is 204 g/mol. The van der Waals surface area contributed by atoms with Gasteiger partial charge in [-0.15, -0.1) is 0 Å². The highest BCUT2D eigenvalue weighted by molar-refractivity contribution is 5.80. The molecule has 94 valence electrons. The van der Waals surface area contributed by atoms with Crippen LogP contribution in [0.4, 0.5) is 0 Å². The van der Waals surface area contributed by atoms with Gasteiger partial charge in [-0.05, 0) is 39.7 Å². The molecule has 1 unspecified atom stereocenters. The molecule has 1 aliphatic rings. The van der Waals surface area contributed by atoms with Crippen LogP contribution in [0.5, 0.6) is 0 Å². The maximum Gasteiger partial charge on any atom is 0.327 e. The number of rotatable bonds is 6. The van der Waals surface area contributed by atoms with Crippen molar-refractivity contribution in [2.24, 2.45) is 11.7 Å². The van der Waals surface area contributed by atoms with Gasteiger partial charge >= 0.3 is 5.97 Å². The van der Waals surface area contributed by atoms with Gasteiger partial charge in [0.2, 0.25) is 0 Å². The first-order valence-electron chi connectivity index (χ1n) is 6.10. The summed E-state index contributed by atoms with van der Waals surface area (Å²) in [6.45, 7) is 5.51. The summed E-state index contributed by atoms with van der Waals surface area (Å²) in [4.78, 5) is 13.7. The van der Waals surface area contributed by atoms with Gasteiger partial charge in [0.1, 0.15) is 5.54 Å². The van der Waals surface area contributed by atoms with E-state index in [9.17, 15) is 4.79 Å². The molecule has 0 aromatic carbocycles. The van der Waals surface area contributed by atoms with Gasteiger partial charge < -0.3 is 15.4 Å². The molecule has 1 rings (SSSR count). The van der Waals surface area contributed by atoms with Crippen molar-refractivity contribution in [2.45, 2.75) is 38.6 Å². The van der Waals surface area contributed by atoms with Crippen LogP contribution >= 0.6 is 0 Å². The third-order valence-corrected chi connectivity index (χ3v) is 3.13. The summed E-state index contributed by atoms with van der Waals surface area (Å²) in [6, 6.07) is 0. The number of ether oxygens (including phenoxy) is 1. The summed E-state index contributed by atoms with van der Waals surface area (Å²) in [5.74, 6) is 0.485. The first kappa shape index (κ1) is 13.5. The van der Waals surface area contributed by atoms with E-state index in [2.05, 4.69) is 4.90 Å². The van der Waals surface area contributed by atoms with Crippen LogP contribution in [0.3, 0.4) is 0 Å². The molecule has 4 nitrogen and oxygen atoms in total. The topological polar surface area (TPSA) is 55.6 Å². The van der Waals surface area contributed by atoms with Crippen LogP contribution in [-0.2, 0) is 9.53 Å². The highest BCUT2D eigenvalue weighted by atomic mass is 16.5. The molecule has 0 bridgehead atoms. The van der Waals surface area contributed by atoms with E-state index in [0.29, 0.717) is 13.2 Å². The Balaban J connectivity index is 2.34. The van der Waals surface area contributed by atoms with Gasteiger partial charge in [0.05, 0.1) is 6.61 Å². The third kappa shape index (κ3) is 3.76. The van der Waals surface area contributed by atoms with Crippen LogP contribution in [0.15, 0.2) is 0 Å². The number of nitrogens with zero attached hydrogens (tertiary/aromatic N) is 1. The van der Waals surface area contributed by atoms with Crippen LogP contribution in [0.1, 0.15) is 33.1 Å². The number of nitrogens with two attached hydrogens (primary N) is 1. The fraction of sp³-hybridized carbons (Fsp3) is 0.917. The molecule has 0 aromatic heterocycles. The van der Waals surface area contributed by atoms with Gasteiger partial charge in [0.25, 0.3) is 0 Å². The van der Waals surface area contributed by atoms with E-state index < -0.39 is 5.54 Å². The molecule has 1 atom stereocenters. The SMILES string of the molecule is CCOC(=O)C(C)(N)CN(C)CC1CCC1. The molecule has 0 spiro atoms. The van der Waals surface area contributed by atoms with Crippen LogP contribution in [-0.4, -0.2) is 43.2 Å². The van der Waals surface area contributed by atoms with Gasteiger partial charge in [-0.1, -0.05) is 6.42 Å². The average Bonchev–Trinajstić information content (AvgIpc) is 2.11. The molecular formula is C12H24N2O2. The summed E-state index contributed by atoms with van der Waals surface area (Å²) in [7, 11) is 2.02. The quantitative estimate of drug-likeness (QED) is 0.689. The molecule has 1 fully saturated rings. The molecule has 0 heterocycles. The van der Waals surface area contributed by atoms with E-state index in [-0.39, 0.29) is 5.97 Å². The third-order valence-electron chi connectivity index (χ3n) is 3.13. The minimum atomic E-state index is -0.894. The number of carbonyl (C=O) groups excluding carboxylic acids is 1. The van der Waals surface area contributed by atoms with E-state index in [1.54, 1.807) is 13.8 Å². The Kier molecular flexibility index (Phi) is 4.74. The van der Waals surface area contributed by atoms with E-state index in [0.717, 1.165) is 12.5 Å². The Labute approximate surface area is 98.1 Å². The van der Waals surface area contributed by atoms with Gasteiger partial charge in [-0.2, -0.15) is 0 Å². The second-order valence-electron chi connectivity index (χ2n) is 5.13. The van der Waals surface area contributed by atoms with E-state index in [1.165, 1.54) is 19.3 Å². The summed E-state index contributed by atoms with van der Waals surface area (Å²) < 4.78 is 4.96. The molecule has 16 heavy (non-hydrogen) atoms. The fourth-order valence-corrected chi connectivity index (χ4v) is 2.10. The lowest BCUT2D eigenvalue weighted by atomic mass is 9.85.